The maximum absolute atomic E-state index is 10.9. The minimum absolute atomic E-state index is 0.216. The molecule has 0 amide bonds. The molecule has 0 bridgehead atoms. The van der Waals surface area contributed by atoms with Crippen molar-refractivity contribution in [2.24, 2.45) is 17.1 Å². The summed E-state index contributed by atoms with van der Waals surface area (Å²) in [6, 6.07) is 5.72. The molecule has 0 heterocycles. The number of halogens is 1. The fraction of sp³-hybridized carbons (Fsp3) is 0.625. The van der Waals surface area contributed by atoms with Crippen molar-refractivity contribution in [3.63, 3.8) is 0 Å². The van der Waals surface area contributed by atoms with E-state index in [1.807, 2.05) is 18.2 Å². The summed E-state index contributed by atoms with van der Waals surface area (Å²) >= 11 is 3.54. The lowest BCUT2D eigenvalue weighted by Gasteiger charge is -2.43. The summed E-state index contributed by atoms with van der Waals surface area (Å²) in [4.78, 5) is 0. The summed E-state index contributed by atoms with van der Waals surface area (Å²) in [6.45, 7) is 2.76. The number of nitrogens with two attached hydrogens (primary N) is 1. The van der Waals surface area contributed by atoms with Crippen LogP contribution in [0.3, 0.4) is 0 Å². The van der Waals surface area contributed by atoms with Gasteiger partial charge in [0.25, 0.3) is 0 Å². The first-order valence-corrected chi connectivity index (χ1v) is 8.03. The molecule has 0 aliphatic heterocycles. The van der Waals surface area contributed by atoms with Crippen LogP contribution in [0.2, 0.25) is 0 Å². The molecule has 1 saturated carbocycles. The van der Waals surface area contributed by atoms with Crippen molar-refractivity contribution in [1.82, 2.24) is 0 Å². The molecule has 1 aliphatic rings. The SMILES string of the molecule is COc1ccc(Br)c(C(O)C2(CN)CCCC(C)C2)c1. The largest absolute Gasteiger partial charge is 0.497 e. The normalized spacial score (nSPS) is 28.1. The van der Waals surface area contributed by atoms with Crippen LogP contribution in [0.1, 0.15) is 44.3 Å². The predicted octanol–water partition coefficient (Wildman–Crippen LogP) is 3.65. The van der Waals surface area contributed by atoms with Crippen molar-refractivity contribution in [1.29, 1.82) is 0 Å². The second-order valence-electron chi connectivity index (χ2n) is 6.06. The highest BCUT2D eigenvalue weighted by molar-refractivity contribution is 9.10. The molecule has 1 aromatic rings. The quantitative estimate of drug-likeness (QED) is 0.878. The van der Waals surface area contributed by atoms with Crippen LogP contribution in [0.4, 0.5) is 0 Å². The topological polar surface area (TPSA) is 55.5 Å². The van der Waals surface area contributed by atoms with Gasteiger partial charge in [-0.3, -0.25) is 0 Å². The molecule has 2 rings (SSSR count). The van der Waals surface area contributed by atoms with E-state index in [-0.39, 0.29) is 5.41 Å². The highest BCUT2D eigenvalue weighted by atomic mass is 79.9. The van der Waals surface area contributed by atoms with Crippen LogP contribution in [0.25, 0.3) is 0 Å². The monoisotopic (exact) mass is 341 g/mol. The fourth-order valence-corrected chi connectivity index (χ4v) is 3.90. The van der Waals surface area contributed by atoms with Crippen LogP contribution in [0, 0.1) is 11.3 Å². The zero-order valence-corrected chi connectivity index (χ0v) is 13.8. The third kappa shape index (κ3) is 3.02. The minimum Gasteiger partial charge on any atom is -0.497 e. The summed E-state index contributed by atoms with van der Waals surface area (Å²) in [7, 11) is 1.64. The number of rotatable bonds is 4. The van der Waals surface area contributed by atoms with E-state index in [1.54, 1.807) is 7.11 Å². The van der Waals surface area contributed by atoms with Gasteiger partial charge in [0.05, 0.1) is 13.2 Å². The number of hydrogen-bond acceptors (Lipinski definition) is 3. The third-order valence-electron chi connectivity index (χ3n) is 4.61. The molecule has 3 nitrogen and oxygen atoms in total. The van der Waals surface area contributed by atoms with Gasteiger partial charge < -0.3 is 15.6 Å². The van der Waals surface area contributed by atoms with Crippen molar-refractivity contribution < 1.29 is 9.84 Å². The first-order valence-electron chi connectivity index (χ1n) is 7.24. The van der Waals surface area contributed by atoms with E-state index in [2.05, 4.69) is 22.9 Å². The fourth-order valence-electron chi connectivity index (χ4n) is 3.43. The van der Waals surface area contributed by atoms with E-state index >= 15 is 0 Å². The second kappa shape index (κ2) is 6.46. The van der Waals surface area contributed by atoms with Gasteiger partial charge >= 0.3 is 0 Å². The van der Waals surface area contributed by atoms with Gasteiger partial charge in [0.15, 0.2) is 0 Å². The summed E-state index contributed by atoms with van der Waals surface area (Å²) in [6.07, 6.45) is 3.78. The molecular weight excluding hydrogens is 318 g/mol. The number of benzene rings is 1. The maximum atomic E-state index is 10.9. The Hall–Kier alpha value is -0.580. The van der Waals surface area contributed by atoms with Gasteiger partial charge in [-0.1, -0.05) is 35.7 Å². The van der Waals surface area contributed by atoms with E-state index < -0.39 is 6.10 Å². The van der Waals surface area contributed by atoms with E-state index in [1.165, 1.54) is 6.42 Å². The molecule has 3 unspecified atom stereocenters. The Kier molecular flexibility index (Phi) is 5.10. The third-order valence-corrected chi connectivity index (χ3v) is 5.33. The molecule has 0 aromatic heterocycles. The average molecular weight is 342 g/mol. The first kappa shape index (κ1) is 15.8. The number of aliphatic hydroxyl groups is 1. The van der Waals surface area contributed by atoms with Gasteiger partial charge in [-0.25, -0.2) is 0 Å². The Morgan fingerprint density at radius 3 is 2.90 bits per heavy atom. The number of aliphatic hydroxyl groups excluding tert-OH is 1. The summed E-state index contributed by atoms with van der Waals surface area (Å²) < 4.78 is 6.19. The standard InChI is InChI=1S/C16H24BrNO2/c1-11-4-3-7-16(9-11,10-18)15(19)13-8-12(20-2)5-6-14(13)17/h5-6,8,11,15,19H,3-4,7,9-10,18H2,1-2H3. The van der Waals surface area contributed by atoms with E-state index in [0.29, 0.717) is 12.5 Å². The van der Waals surface area contributed by atoms with Crippen molar-refractivity contribution in [2.75, 3.05) is 13.7 Å². The van der Waals surface area contributed by atoms with Crippen LogP contribution in [-0.2, 0) is 0 Å². The molecule has 1 fully saturated rings. The molecular formula is C16H24BrNO2. The zero-order valence-electron chi connectivity index (χ0n) is 12.2. The molecule has 3 atom stereocenters. The number of hydrogen-bond donors (Lipinski definition) is 2. The molecule has 0 spiro atoms. The lowest BCUT2D eigenvalue weighted by molar-refractivity contribution is -0.0136. The number of ether oxygens (including phenoxy) is 1. The van der Waals surface area contributed by atoms with Gasteiger partial charge in [0.1, 0.15) is 5.75 Å². The van der Waals surface area contributed by atoms with Gasteiger partial charge in [-0.15, -0.1) is 0 Å². The Bertz CT molecular complexity index is 466. The van der Waals surface area contributed by atoms with Crippen molar-refractivity contribution in [3.8, 4) is 5.75 Å². The highest BCUT2D eigenvalue weighted by Crippen LogP contribution is 2.48. The lowest BCUT2D eigenvalue weighted by Crippen LogP contribution is -2.40. The van der Waals surface area contributed by atoms with E-state index in [9.17, 15) is 5.11 Å². The average Bonchev–Trinajstić information content (AvgIpc) is 2.47. The smallest absolute Gasteiger partial charge is 0.119 e. The summed E-state index contributed by atoms with van der Waals surface area (Å²) in [5.41, 5.74) is 6.72. The van der Waals surface area contributed by atoms with Crippen LogP contribution < -0.4 is 10.5 Å². The van der Waals surface area contributed by atoms with Crippen LogP contribution in [0.15, 0.2) is 22.7 Å². The molecule has 3 N–H and O–H groups in total. The lowest BCUT2D eigenvalue weighted by atomic mass is 9.65. The van der Waals surface area contributed by atoms with Gasteiger partial charge in [-0.2, -0.15) is 0 Å². The number of methoxy groups -OCH3 is 1. The molecule has 20 heavy (non-hydrogen) atoms. The van der Waals surface area contributed by atoms with Crippen molar-refractivity contribution in [3.05, 3.63) is 28.2 Å². The Morgan fingerprint density at radius 2 is 2.30 bits per heavy atom. The van der Waals surface area contributed by atoms with Gasteiger partial charge in [0, 0.05) is 16.4 Å². The summed E-state index contributed by atoms with van der Waals surface area (Å²) in [5, 5.41) is 10.9. The van der Waals surface area contributed by atoms with E-state index in [4.69, 9.17) is 10.5 Å². The maximum Gasteiger partial charge on any atom is 0.119 e. The van der Waals surface area contributed by atoms with Crippen LogP contribution in [-0.4, -0.2) is 18.8 Å². The highest BCUT2D eigenvalue weighted by Gasteiger charge is 2.41. The Labute approximate surface area is 129 Å². The molecule has 0 radical (unpaired) electrons. The molecule has 4 heteroatoms. The van der Waals surface area contributed by atoms with E-state index in [0.717, 1.165) is 35.0 Å². The minimum atomic E-state index is -0.556. The van der Waals surface area contributed by atoms with Crippen LogP contribution >= 0.6 is 15.9 Å². The Balaban J connectivity index is 2.35. The predicted molar refractivity (Wildman–Crippen MR) is 84.8 cm³/mol. The van der Waals surface area contributed by atoms with Gasteiger partial charge in [0.2, 0.25) is 0 Å². The summed E-state index contributed by atoms with van der Waals surface area (Å²) in [5.74, 6) is 1.38. The Morgan fingerprint density at radius 1 is 1.55 bits per heavy atom. The molecule has 112 valence electrons. The first-order chi connectivity index (χ1) is 9.52. The molecule has 1 aromatic carbocycles. The molecule has 0 saturated heterocycles. The second-order valence-corrected chi connectivity index (χ2v) is 6.91. The van der Waals surface area contributed by atoms with Gasteiger partial charge in [-0.05, 0) is 42.5 Å². The van der Waals surface area contributed by atoms with Crippen LogP contribution in [0.5, 0.6) is 5.75 Å². The zero-order chi connectivity index (χ0) is 14.8. The van der Waals surface area contributed by atoms with Crippen molar-refractivity contribution in [2.45, 2.75) is 38.7 Å². The van der Waals surface area contributed by atoms with Crippen molar-refractivity contribution >= 4 is 15.9 Å². The molecule has 1 aliphatic carbocycles.